The molecule has 0 amide bonds. The van der Waals surface area contributed by atoms with E-state index < -0.39 is 10.9 Å². The first kappa shape index (κ1) is 13.9. The average molecular weight is 227 g/mol. The zero-order valence-electron chi connectivity index (χ0n) is 9.26. The maximum Gasteiger partial charge on any atom is 0.335 e. The van der Waals surface area contributed by atoms with Crippen LogP contribution in [0.15, 0.2) is 18.2 Å². The molecule has 0 bridgehead atoms. The van der Waals surface area contributed by atoms with Crippen molar-refractivity contribution in [3.05, 3.63) is 33.9 Å². The maximum atomic E-state index is 10.5. The monoisotopic (exact) mass is 227 g/mol. The maximum absolute atomic E-state index is 10.5. The second-order valence-electron chi connectivity index (χ2n) is 2.45. The Labute approximate surface area is 92.6 Å². The van der Waals surface area contributed by atoms with Gasteiger partial charge in [0.2, 0.25) is 0 Å². The third kappa shape index (κ3) is 3.23. The number of carboxylic acids is 1. The number of nitro benzene ring substituents is 1. The van der Waals surface area contributed by atoms with Crippen LogP contribution in [0.2, 0.25) is 0 Å². The van der Waals surface area contributed by atoms with Gasteiger partial charge in [0.15, 0.2) is 5.75 Å². The summed E-state index contributed by atoms with van der Waals surface area (Å²) in [5.41, 5.74) is -0.301. The van der Waals surface area contributed by atoms with Gasteiger partial charge in [-0.15, -0.1) is 0 Å². The van der Waals surface area contributed by atoms with Gasteiger partial charge in [0.25, 0.3) is 0 Å². The van der Waals surface area contributed by atoms with Crippen molar-refractivity contribution in [3.8, 4) is 5.75 Å². The van der Waals surface area contributed by atoms with Crippen LogP contribution in [0, 0.1) is 10.1 Å². The summed E-state index contributed by atoms with van der Waals surface area (Å²) in [5.74, 6) is -1.21. The van der Waals surface area contributed by atoms with Gasteiger partial charge < -0.3 is 9.84 Å². The van der Waals surface area contributed by atoms with Crippen molar-refractivity contribution in [2.45, 2.75) is 13.8 Å². The molecule has 0 aliphatic heterocycles. The molecule has 0 unspecified atom stereocenters. The van der Waals surface area contributed by atoms with E-state index >= 15 is 0 Å². The number of hydrogen-bond acceptors (Lipinski definition) is 4. The molecule has 0 fully saturated rings. The lowest BCUT2D eigenvalue weighted by atomic mass is 10.2. The van der Waals surface area contributed by atoms with Crippen molar-refractivity contribution >= 4 is 11.7 Å². The highest BCUT2D eigenvalue weighted by atomic mass is 16.6. The Hall–Kier alpha value is -2.11. The number of benzene rings is 1. The molecule has 0 aromatic heterocycles. The SMILES string of the molecule is CC.COc1cc(C(=O)O)ccc1[N+](=O)[O-]. The summed E-state index contributed by atoms with van der Waals surface area (Å²) in [6.45, 7) is 4.00. The van der Waals surface area contributed by atoms with E-state index in [1.807, 2.05) is 13.8 Å². The molecule has 0 saturated heterocycles. The van der Waals surface area contributed by atoms with Gasteiger partial charge in [0.05, 0.1) is 17.6 Å². The molecule has 1 aromatic carbocycles. The van der Waals surface area contributed by atoms with Gasteiger partial charge in [-0.25, -0.2) is 4.79 Å². The number of nitrogens with zero attached hydrogens (tertiary/aromatic N) is 1. The molecule has 1 aromatic rings. The minimum absolute atomic E-state index is 0.0487. The van der Waals surface area contributed by atoms with E-state index in [0.717, 1.165) is 18.2 Å². The fourth-order valence-electron chi connectivity index (χ4n) is 0.961. The molecule has 0 atom stereocenters. The normalized spacial score (nSPS) is 8.69. The van der Waals surface area contributed by atoms with E-state index in [4.69, 9.17) is 9.84 Å². The van der Waals surface area contributed by atoms with Crippen LogP contribution in [0.4, 0.5) is 5.69 Å². The summed E-state index contributed by atoms with van der Waals surface area (Å²) < 4.78 is 4.69. The summed E-state index contributed by atoms with van der Waals surface area (Å²) in [7, 11) is 1.24. The summed E-state index contributed by atoms with van der Waals surface area (Å²) in [5, 5.41) is 19.0. The number of nitro groups is 1. The van der Waals surface area contributed by atoms with Crippen LogP contribution in [-0.2, 0) is 0 Å². The molecular formula is C10H13NO5. The van der Waals surface area contributed by atoms with Gasteiger partial charge in [-0.05, 0) is 6.07 Å². The standard InChI is InChI=1S/C8H7NO5.C2H6/c1-14-7-4-5(8(10)11)2-3-6(7)9(12)13;1-2/h2-4H,1H3,(H,10,11);1-2H3. The van der Waals surface area contributed by atoms with Crippen molar-refractivity contribution < 1.29 is 19.6 Å². The van der Waals surface area contributed by atoms with Crippen molar-refractivity contribution in [2.24, 2.45) is 0 Å². The highest BCUT2D eigenvalue weighted by Crippen LogP contribution is 2.27. The molecule has 6 heteroatoms. The molecule has 0 aliphatic carbocycles. The molecule has 0 spiro atoms. The number of hydrogen-bond donors (Lipinski definition) is 1. The number of carbonyl (C=O) groups is 1. The van der Waals surface area contributed by atoms with Gasteiger partial charge in [0.1, 0.15) is 0 Å². The van der Waals surface area contributed by atoms with Crippen LogP contribution in [-0.4, -0.2) is 23.1 Å². The van der Waals surface area contributed by atoms with E-state index in [0.29, 0.717) is 0 Å². The Bertz CT molecular complexity index is 389. The Morgan fingerprint density at radius 2 is 2.00 bits per heavy atom. The summed E-state index contributed by atoms with van der Waals surface area (Å²) in [6.07, 6.45) is 0. The van der Waals surface area contributed by atoms with Crippen LogP contribution in [0.25, 0.3) is 0 Å². The number of ether oxygens (including phenoxy) is 1. The van der Waals surface area contributed by atoms with Crippen LogP contribution >= 0.6 is 0 Å². The van der Waals surface area contributed by atoms with E-state index in [9.17, 15) is 14.9 Å². The van der Waals surface area contributed by atoms with E-state index in [-0.39, 0.29) is 17.0 Å². The molecule has 0 aliphatic rings. The topological polar surface area (TPSA) is 89.7 Å². The fourth-order valence-corrected chi connectivity index (χ4v) is 0.961. The first-order valence-electron chi connectivity index (χ1n) is 4.62. The van der Waals surface area contributed by atoms with Crippen molar-refractivity contribution in [2.75, 3.05) is 7.11 Å². The molecular weight excluding hydrogens is 214 g/mol. The van der Waals surface area contributed by atoms with E-state index in [2.05, 4.69) is 0 Å². The van der Waals surface area contributed by atoms with Gasteiger partial charge in [-0.3, -0.25) is 10.1 Å². The van der Waals surface area contributed by atoms with Gasteiger partial charge in [-0.2, -0.15) is 0 Å². The first-order valence-corrected chi connectivity index (χ1v) is 4.62. The van der Waals surface area contributed by atoms with Crippen LogP contribution in [0.5, 0.6) is 5.75 Å². The van der Waals surface area contributed by atoms with E-state index in [1.54, 1.807) is 0 Å². The number of methoxy groups -OCH3 is 1. The number of aromatic carboxylic acids is 1. The lowest BCUT2D eigenvalue weighted by molar-refractivity contribution is -0.385. The highest BCUT2D eigenvalue weighted by Gasteiger charge is 2.16. The van der Waals surface area contributed by atoms with Gasteiger partial charge in [-0.1, -0.05) is 13.8 Å². The Kier molecular flexibility index (Phi) is 5.55. The predicted octanol–water partition coefficient (Wildman–Crippen LogP) is 2.33. The summed E-state index contributed by atoms with van der Waals surface area (Å²) in [6, 6.07) is 3.37. The highest BCUT2D eigenvalue weighted by molar-refractivity contribution is 5.88. The Balaban J connectivity index is 0.00000106. The molecule has 88 valence electrons. The Morgan fingerprint density at radius 1 is 1.44 bits per heavy atom. The smallest absolute Gasteiger partial charge is 0.335 e. The number of carboxylic acid groups (broad SMARTS) is 1. The van der Waals surface area contributed by atoms with Crippen molar-refractivity contribution in [3.63, 3.8) is 0 Å². The van der Waals surface area contributed by atoms with Gasteiger partial charge in [0, 0.05) is 12.1 Å². The number of rotatable bonds is 3. The molecule has 16 heavy (non-hydrogen) atoms. The Morgan fingerprint density at radius 3 is 2.38 bits per heavy atom. The van der Waals surface area contributed by atoms with Gasteiger partial charge >= 0.3 is 11.7 Å². The minimum Gasteiger partial charge on any atom is -0.490 e. The minimum atomic E-state index is -1.15. The van der Waals surface area contributed by atoms with E-state index in [1.165, 1.54) is 7.11 Å². The quantitative estimate of drug-likeness (QED) is 0.632. The summed E-state index contributed by atoms with van der Waals surface area (Å²) >= 11 is 0. The largest absolute Gasteiger partial charge is 0.490 e. The van der Waals surface area contributed by atoms with Crippen molar-refractivity contribution in [1.29, 1.82) is 0 Å². The third-order valence-corrected chi connectivity index (χ3v) is 1.62. The molecule has 6 nitrogen and oxygen atoms in total. The average Bonchev–Trinajstić information content (AvgIpc) is 2.30. The molecule has 0 saturated carbocycles. The lowest BCUT2D eigenvalue weighted by Crippen LogP contribution is -1.99. The second kappa shape index (κ2) is 6.39. The lowest BCUT2D eigenvalue weighted by Gasteiger charge is -2.01. The molecule has 1 N–H and O–H groups in total. The predicted molar refractivity (Wildman–Crippen MR) is 58.0 cm³/mol. The fraction of sp³-hybridized carbons (Fsp3) is 0.300. The van der Waals surface area contributed by atoms with Crippen LogP contribution < -0.4 is 4.74 Å². The zero-order chi connectivity index (χ0) is 12.7. The summed E-state index contributed by atoms with van der Waals surface area (Å²) in [4.78, 5) is 20.3. The van der Waals surface area contributed by atoms with Crippen LogP contribution in [0.3, 0.4) is 0 Å². The molecule has 0 radical (unpaired) electrons. The van der Waals surface area contributed by atoms with Crippen LogP contribution in [0.1, 0.15) is 24.2 Å². The first-order chi connectivity index (χ1) is 7.56. The molecule has 1 rings (SSSR count). The third-order valence-electron chi connectivity index (χ3n) is 1.62. The molecule has 0 heterocycles. The second-order valence-corrected chi connectivity index (χ2v) is 2.45. The van der Waals surface area contributed by atoms with Crippen molar-refractivity contribution in [1.82, 2.24) is 0 Å². The zero-order valence-corrected chi connectivity index (χ0v) is 9.26.